The van der Waals surface area contributed by atoms with Gasteiger partial charge in [-0.05, 0) is 40.9 Å². The predicted octanol–water partition coefficient (Wildman–Crippen LogP) is 2.53. The van der Waals surface area contributed by atoms with Gasteiger partial charge in [-0.3, -0.25) is 4.72 Å². The molecule has 0 atom stereocenters. The average Bonchev–Trinajstić information content (AvgIpc) is 2.75. The van der Waals surface area contributed by atoms with Crippen LogP contribution in [-0.4, -0.2) is 18.7 Å². The molecule has 0 radical (unpaired) electrons. The number of aromatic nitrogens is 1. The molecule has 0 amide bonds. The van der Waals surface area contributed by atoms with E-state index in [1.54, 1.807) is 18.3 Å². The zero-order valence-corrected chi connectivity index (χ0v) is 11.1. The van der Waals surface area contributed by atoms with Crippen LogP contribution in [0.25, 0.3) is 0 Å². The van der Waals surface area contributed by atoms with E-state index < -0.39 is 10.0 Å². The first-order valence-corrected chi connectivity index (χ1v) is 7.56. The van der Waals surface area contributed by atoms with Gasteiger partial charge in [0, 0.05) is 6.20 Å². The van der Waals surface area contributed by atoms with Crippen LogP contribution in [-0.2, 0) is 10.0 Å². The zero-order valence-electron chi connectivity index (χ0n) is 8.69. The van der Waals surface area contributed by atoms with Crippen molar-refractivity contribution in [2.24, 2.45) is 0 Å². The molecule has 1 aliphatic rings. The molecule has 0 aromatic carbocycles. The molecule has 0 bridgehead atoms. The van der Waals surface area contributed by atoms with E-state index >= 15 is 0 Å². The third kappa shape index (κ3) is 2.55. The number of nitrogens with one attached hydrogen (secondary N) is 1. The van der Waals surface area contributed by atoms with Gasteiger partial charge in [0.05, 0.1) is 9.72 Å². The largest absolute Gasteiger partial charge is 0.266 e. The number of pyridine rings is 1. The van der Waals surface area contributed by atoms with Crippen LogP contribution in [0.5, 0.6) is 0 Å². The van der Waals surface area contributed by atoms with Gasteiger partial charge in [-0.1, -0.05) is 12.8 Å². The van der Waals surface area contributed by atoms with Gasteiger partial charge in [-0.2, -0.15) is 0 Å². The minimum absolute atomic E-state index is 0.263. The number of hydrogen-bond acceptors (Lipinski definition) is 3. The topological polar surface area (TPSA) is 59.1 Å². The fourth-order valence-electron chi connectivity index (χ4n) is 1.88. The molecule has 1 N–H and O–H groups in total. The van der Waals surface area contributed by atoms with Crippen molar-refractivity contribution in [3.05, 3.63) is 22.8 Å². The SMILES string of the molecule is O=S(=O)(Nc1ncccc1Br)C1CCCC1. The minimum atomic E-state index is -3.28. The Morgan fingerprint density at radius 1 is 1.38 bits per heavy atom. The first kappa shape index (κ1) is 11.9. The third-order valence-electron chi connectivity index (χ3n) is 2.74. The van der Waals surface area contributed by atoms with E-state index in [2.05, 4.69) is 25.6 Å². The lowest BCUT2D eigenvalue weighted by Gasteiger charge is -2.13. The van der Waals surface area contributed by atoms with Crippen molar-refractivity contribution in [1.82, 2.24) is 4.98 Å². The summed E-state index contributed by atoms with van der Waals surface area (Å²) in [5.74, 6) is 0.370. The van der Waals surface area contributed by atoms with Crippen molar-refractivity contribution in [3.8, 4) is 0 Å². The Bertz CT molecular complexity index is 469. The molecule has 88 valence electrons. The molecule has 0 spiro atoms. The lowest BCUT2D eigenvalue weighted by Crippen LogP contribution is -2.25. The summed E-state index contributed by atoms with van der Waals surface area (Å²) >= 11 is 3.27. The first-order chi connectivity index (χ1) is 7.59. The van der Waals surface area contributed by atoms with E-state index in [0.29, 0.717) is 10.3 Å². The summed E-state index contributed by atoms with van der Waals surface area (Å²) in [6.07, 6.45) is 5.06. The van der Waals surface area contributed by atoms with Crippen LogP contribution in [0.3, 0.4) is 0 Å². The maximum absolute atomic E-state index is 12.0. The second kappa shape index (κ2) is 4.71. The summed E-state index contributed by atoms with van der Waals surface area (Å²) in [5, 5.41) is -0.263. The van der Waals surface area contributed by atoms with Crippen molar-refractivity contribution < 1.29 is 8.42 Å². The Hall–Kier alpha value is -0.620. The molecule has 0 aliphatic heterocycles. The summed E-state index contributed by atoms with van der Waals surface area (Å²) in [6, 6.07) is 3.51. The van der Waals surface area contributed by atoms with Crippen molar-refractivity contribution in [3.63, 3.8) is 0 Å². The monoisotopic (exact) mass is 304 g/mol. The van der Waals surface area contributed by atoms with E-state index in [9.17, 15) is 8.42 Å². The second-order valence-electron chi connectivity index (χ2n) is 3.89. The van der Waals surface area contributed by atoms with Crippen LogP contribution in [0, 0.1) is 0 Å². The van der Waals surface area contributed by atoms with E-state index in [1.165, 1.54) is 0 Å². The third-order valence-corrected chi connectivity index (χ3v) is 5.21. The highest BCUT2D eigenvalue weighted by molar-refractivity contribution is 9.10. The van der Waals surface area contributed by atoms with Gasteiger partial charge in [-0.15, -0.1) is 0 Å². The zero-order chi connectivity index (χ0) is 11.6. The van der Waals surface area contributed by atoms with Crippen LogP contribution >= 0.6 is 15.9 Å². The maximum Gasteiger partial charge on any atom is 0.236 e. The number of hydrogen-bond donors (Lipinski definition) is 1. The summed E-state index contributed by atoms with van der Waals surface area (Å²) < 4.78 is 27.2. The van der Waals surface area contributed by atoms with Crippen molar-refractivity contribution in [1.29, 1.82) is 0 Å². The molecule has 0 unspecified atom stereocenters. The summed E-state index contributed by atoms with van der Waals surface area (Å²) in [6.45, 7) is 0. The van der Waals surface area contributed by atoms with E-state index in [1.807, 2.05) is 0 Å². The highest BCUT2D eigenvalue weighted by Gasteiger charge is 2.29. The number of sulfonamides is 1. The Balaban J connectivity index is 2.18. The van der Waals surface area contributed by atoms with Crippen LogP contribution in [0.15, 0.2) is 22.8 Å². The molecule has 1 aromatic heterocycles. The van der Waals surface area contributed by atoms with Crippen LogP contribution in [0.1, 0.15) is 25.7 Å². The molecule has 1 aromatic rings. The smallest absolute Gasteiger partial charge is 0.236 e. The molecule has 1 aliphatic carbocycles. The maximum atomic E-state index is 12.0. The molecular weight excluding hydrogens is 292 g/mol. The lowest BCUT2D eigenvalue weighted by atomic mass is 10.4. The fraction of sp³-hybridized carbons (Fsp3) is 0.500. The molecule has 1 fully saturated rings. The summed E-state index contributed by atoms with van der Waals surface area (Å²) in [7, 11) is -3.28. The predicted molar refractivity (Wildman–Crippen MR) is 66.7 cm³/mol. The number of anilines is 1. The van der Waals surface area contributed by atoms with Crippen LogP contribution in [0.2, 0.25) is 0 Å². The molecular formula is C10H13BrN2O2S. The Morgan fingerprint density at radius 2 is 2.06 bits per heavy atom. The quantitative estimate of drug-likeness (QED) is 0.933. The summed E-state index contributed by atoms with van der Waals surface area (Å²) in [4.78, 5) is 4.00. The molecule has 2 rings (SSSR count). The van der Waals surface area contributed by atoms with Crippen molar-refractivity contribution >= 4 is 31.8 Å². The normalized spacial score (nSPS) is 17.6. The fourth-order valence-corrected chi connectivity index (χ4v) is 3.92. The van der Waals surface area contributed by atoms with Crippen molar-refractivity contribution in [2.75, 3.05) is 4.72 Å². The van der Waals surface area contributed by atoms with E-state index in [-0.39, 0.29) is 5.25 Å². The Kier molecular flexibility index (Phi) is 3.49. The average molecular weight is 305 g/mol. The molecule has 1 saturated carbocycles. The number of halogens is 1. The van der Waals surface area contributed by atoms with Gasteiger partial charge in [0.1, 0.15) is 0 Å². The highest BCUT2D eigenvalue weighted by Crippen LogP contribution is 2.27. The molecule has 1 heterocycles. The van der Waals surface area contributed by atoms with E-state index in [0.717, 1.165) is 25.7 Å². The Labute approximate surface area is 104 Å². The van der Waals surface area contributed by atoms with Gasteiger partial charge in [0.25, 0.3) is 0 Å². The molecule has 0 saturated heterocycles. The standard InChI is InChI=1S/C10H13BrN2O2S/c11-9-6-3-7-12-10(9)13-16(14,15)8-4-1-2-5-8/h3,6-8H,1-2,4-5H2,(H,12,13). The molecule has 6 heteroatoms. The van der Waals surface area contributed by atoms with Crippen molar-refractivity contribution in [2.45, 2.75) is 30.9 Å². The summed E-state index contributed by atoms with van der Waals surface area (Å²) in [5.41, 5.74) is 0. The van der Waals surface area contributed by atoms with Gasteiger partial charge in [-0.25, -0.2) is 13.4 Å². The van der Waals surface area contributed by atoms with Crippen LogP contribution in [0.4, 0.5) is 5.82 Å². The lowest BCUT2D eigenvalue weighted by molar-refractivity contribution is 0.585. The number of rotatable bonds is 3. The molecule has 4 nitrogen and oxygen atoms in total. The second-order valence-corrected chi connectivity index (χ2v) is 6.70. The van der Waals surface area contributed by atoms with Gasteiger partial charge in [0.15, 0.2) is 5.82 Å². The first-order valence-electron chi connectivity index (χ1n) is 5.22. The Morgan fingerprint density at radius 3 is 2.69 bits per heavy atom. The van der Waals surface area contributed by atoms with Gasteiger partial charge < -0.3 is 0 Å². The number of nitrogens with zero attached hydrogens (tertiary/aromatic N) is 1. The minimum Gasteiger partial charge on any atom is -0.266 e. The molecule has 16 heavy (non-hydrogen) atoms. The van der Waals surface area contributed by atoms with E-state index in [4.69, 9.17) is 0 Å². The van der Waals surface area contributed by atoms with Crippen LogP contribution < -0.4 is 4.72 Å². The highest BCUT2D eigenvalue weighted by atomic mass is 79.9. The van der Waals surface area contributed by atoms with Gasteiger partial charge in [0.2, 0.25) is 10.0 Å². The van der Waals surface area contributed by atoms with Gasteiger partial charge >= 0.3 is 0 Å².